The fraction of sp³-hybridized carbons (Fsp3) is 0.308. The van der Waals surface area contributed by atoms with Crippen molar-refractivity contribution in [3.63, 3.8) is 0 Å². The molecule has 174 valence electrons. The standard InChI is InChI=1S/C26H28N6O2/c1-26(2,3)19-9-5-17(6-10-19)18-7-11-20(12-8-18)29-21(33)15-31-16-28-23-22(31)24(34)30(4)25-27-13-14-32(23)25/h5-12,16H,13-15H2,1-4H3,(H,29,33). The number of benzene rings is 2. The predicted molar refractivity (Wildman–Crippen MR) is 133 cm³/mol. The van der Waals surface area contributed by atoms with Crippen molar-refractivity contribution in [3.05, 3.63) is 66.1 Å². The number of imidazole rings is 1. The summed E-state index contributed by atoms with van der Waals surface area (Å²) in [5, 5.41) is 2.92. The summed E-state index contributed by atoms with van der Waals surface area (Å²) in [6, 6.07) is 16.3. The van der Waals surface area contributed by atoms with E-state index < -0.39 is 0 Å². The lowest BCUT2D eigenvalue weighted by molar-refractivity contribution is -0.116. The van der Waals surface area contributed by atoms with Crippen LogP contribution < -0.4 is 10.2 Å². The summed E-state index contributed by atoms with van der Waals surface area (Å²) in [6.07, 6.45) is 1.54. The largest absolute Gasteiger partial charge is 0.325 e. The van der Waals surface area contributed by atoms with Crippen LogP contribution in [0, 0.1) is 0 Å². The van der Waals surface area contributed by atoms with Crippen LogP contribution in [0.1, 0.15) is 36.8 Å². The summed E-state index contributed by atoms with van der Waals surface area (Å²) in [5.74, 6) is 0.743. The van der Waals surface area contributed by atoms with E-state index in [1.807, 2.05) is 29.2 Å². The maximum atomic E-state index is 12.9. The Morgan fingerprint density at radius 2 is 1.68 bits per heavy atom. The van der Waals surface area contributed by atoms with Gasteiger partial charge in [-0.05, 0) is 34.2 Å². The van der Waals surface area contributed by atoms with E-state index in [1.165, 1.54) is 10.5 Å². The molecule has 2 aromatic carbocycles. The van der Waals surface area contributed by atoms with Crippen LogP contribution in [0.2, 0.25) is 0 Å². The number of aromatic nitrogens is 2. The average Bonchev–Trinajstić information content (AvgIpc) is 3.45. The van der Waals surface area contributed by atoms with Gasteiger partial charge in [-0.2, -0.15) is 0 Å². The topological polar surface area (TPSA) is 82.8 Å². The summed E-state index contributed by atoms with van der Waals surface area (Å²) in [7, 11) is 1.69. The first-order valence-electron chi connectivity index (χ1n) is 11.4. The van der Waals surface area contributed by atoms with Crippen LogP contribution in [-0.4, -0.2) is 52.4 Å². The molecule has 1 aromatic heterocycles. The van der Waals surface area contributed by atoms with Crippen molar-refractivity contribution in [2.45, 2.75) is 32.7 Å². The number of amides is 2. The molecule has 1 N–H and O–H groups in total. The summed E-state index contributed by atoms with van der Waals surface area (Å²) < 4.78 is 1.60. The van der Waals surface area contributed by atoms with Crippen LogP contribution >= 0.6 is 0 Å². The van der Waals surface area contributed by atoms with Crippen molar-refractivity contribution in [3.8, 4) is 11.1 Å². The Morgan fingerprint density at radius 1 is 1.03 bits per heavy atom. The summed E-state index contributed by atoms with van der Waals surface area (Å²) in [6.45, 7) is 7.89. The van der Waals surface area contributed by atoms with Crippen LogP contribution in [0.4, 0.5) is 11.5 Å². The molecule has 2 aliphatic rings. The summed E-state index contributed by atoms with van der Waals surface area (Å²) in [5.41, 5.74) is 4.73. The molecule has 3 heterocycles. The number of hydrogen-bond donors (Lipinski definition) is 1. The van der Waals surface area contributed by atoms with Gasteiger partial charge in [0.05, 0.1) is 12.9 Å². The van der Waals surface area contributed by atoms with Crippen molar-refractivity contribution < 1.29 is 9.59 Å². The van der Waals surface area contributed by atoms with E-state index in [-0.39, 0.29) is 23.8 Å². The lowest BCUT2D eigenvalue weighted by Crippen LogP contribution is -2.48. The van der Waals surface area contributed by atoms with Gasteiger partial charge in [0.2, 0.25) is 11.9 Å². The number of nitrogens with one attached hydrogen (secondary N) is 1. The third kappa shape index (κ3) is 3.85. The van der Waals surface area contributed by atoms with Gasteiger partial charge in [-0.25, -0.2) is 4.98 Å². The first kappa shape index (κ1) is 21.9. The summed E-state index contributed by atoms with van der Waals surface area (Å²) in [4.78, 5) is 37.8. The number of carbonyl (C=O) groups is 2. The molecule has 0 unspecified atom stereocenters. The molecule has 0 saturated heterocycles. The van der Waals surface area contributed by atoms with E-state index in [9.17, 15) is 9.59 Å². The Balaban J connectivity index is 1.27. The molecule has 0 fully saturated rings. The lowest BCUT2D eigenvalue weighted by atomic mass is 9.86. The quantitative estimate of drug-likeness (QED) is 0.648. The molecule has 0 spiro atoms. The van der Waals surface area contributed by atoms with E-state index >= 15 is 0 Å². The van der Waals surface area contributed by atoms with Crippen LogP contribution in [0.25, 0.3) is 11.1 Å². The third-order valence-corrected chi connectivity index (χ3v) is 6.27. The number of hydrogen-bond acceptors (Lipinski definition) is 5. The molecule has 2 aliphatic heterocycles. The van der Waals surface area contributed by atoms with E-state index in [2.05, 4.69) is 60.3 Å². The van der Waals surface area contributed by atoms with Gasteiger partial charge in [0.1, 0.15) is 6.54 Å². The molecule has 0 bridgehead atoms. The molecule has 2 amide bonds. The second kappa shape index (κ2) is 8.13. The predicted octanol–water partition coefficient (Wildman–Crippen LogP) is 3.75. The van der Waals surface area contributed by atoms with Crippen molar-refractivity contribution in [2.24, 2.45) is 4.99 Å². The van der Waals surface area contributed by atoms with Crippen LogP contribution in [0.3, 0.4) is 0 Å². The molecule has 5 rings (SSSR count). The Morgan fingerprint density at radius 3 is 2.32 bits per heavy atom. The third-order valence-electron chi connectivity index (χ3n) is 6.27. The molecule has 3 aromatic rings. The lowest BCUT2D eigenvalue weighted by Gasteiger charge is -2.31. The van der Waals surface area contributed by atoms with Crippen LogP contribution in [0.15, 0.2) is 59.9 Å². The zero-order valence-corrected chi connectivity index (χ0v) is 19.9. The number of fused-ring (bicyclic) bond motifs is 3. The smallest absolute Gasteiger partial charge is 0.280 e. The highest BCUT2D eigenvalue weighted by Crippen LogP contribution is 2.29. The second-order valence-electron chi connectivity index (χ2n) is 9.70. The first-order chi connectivity index (χ1) is 16.2. The molecule has 8 heteroatoms. The Hall–Kier alpha value is -3.94. The molecule has 0 aliphatic carbocycles. The van der Waals surface area contributed by atoms with E-state index in [0.29, 0.717) is 36.2 Å². The molecule has 34 heavy (non-hydrogen) atoms. The molecule has 8 nitrogen and oxygen atoms in total. The first-order valence-corrected chi connectivity index (χ1v) is 11.4. The van der Waals surface area contributed by atoms with Crippen LogP contribution in [-0.2, 0) is 16.8 Å². The van der Waals surface area contributed by atoms with Crippen LogP contribution in [0.5, 0.6) is 0 Å². The normalized spacial score (nSPS) is 15.2. The van der Waals surface area contributed by atoms with Gasteiger partial charge in [-0.3, -0.25) is 24.4 Å². The molecular formula is C26H28N6O2. The van der Waals surface area contributed by atoms with Gasteiger partial charge in [0.15, 0.2) is 11.5 Å². The average molecular weight is 457 g/mol. The van der Waals surface area contributed by atoms with Gasteiger partial charge in [0, 0.05) is 19.3 Å². The number of nitrogens with zero attached hydrogens (tertiary/aromatic N) is 5. The minimum atomic E-state index is -0.223. The maximum absolute atomic E-state index is 12.9. The molecular weight excluding hydrogens is 428 g/mol. The molecule has 0 atom stereocenters. The van der Waals surface area contributed by atoms with Crippen molar-refractivity contribution in [2.75, 3.05) is 30.4 Å². The monoisotopic (exact) mass is 456 g/mol. The van der Waals surface area contributed by atoms with E-state index in [1.54, 1.807) is 17.9 Å². The van der Waals surface area contributed by atoms with E-state index in [4.69, 9.17) is 0 Å². The zero-order chi connectivity index (χ0) is 24.0. The van der Waals surface area contributed by atoms with Gasteiger partial charge < -0.3 is 9.88 Å². The highest BCUT2D eigenvalue weighted by atomic mass is 16.2. The Kier molecular flexibility index (Phi) is 5.23. The summed E-state index contributed by atoms with van der Waals surface area (Å²) >= 11 is 0. The van der Waals surface area contributed by atoms with Crippen molar-refractivity contribution in [1.82, 2.24) is 14.5 Å². The maximum Gasteiger partial charge on any atom is 0.280 e. The number of rotatable bonds is 4. The van der Waals surface area contributed by atoms with E-state index in [0.717, 1.165) is 11.1 Å². The number of carbonyl (C=O) groups excluding carboxylic acids is 2. The Bertz CT molecular complexity index is 1280. The molecule has 0 radical (unpaired) electrons. The minimum absolute atomic E-state index is 0.00174. The number of anilines is 2. The Labute approximate surface area is 198 Å². The number of aliphatic imine (C=N–C) groups is 1. The van der Waals surface area contributed by atoms with Gasteiger partial charge in [-0.15, -0.1) is 0 Å². The second-order valence-corrected chi connectivity index (χ2v) is 9.70. The SMILES string of the molecule is CN1C(=O)c2c(ncn2CC(=O)Nc2ccc(-c3ccc(C(C)(C)C)cc3)cc2)N2CCN=C12. The highest BCUT2D eigenvalue weighted by molar-refractivity contribution is 6.17. The van der Waals surface area contributed by atoms with Gasteiger partial charge >= 0.3 is 0 Å². The fourth-order valence-corrected chi connectivity index (χ4v) is 4.34. The number of guanidine groups is 1. The van der Waals surface area contributed by atoms with Crippen molar-refractivity contribution in [1.29, 1.82) is 0 Å². The van der Waals surface area contributed by atoms with Gasteiger partial charge in [0.25, 0.3) is 5.91 Å². The zero-order valence-electron chi connectivity index (χ0n) is 19.9. The highest BCUT2D eigenvalue weighted by Gasteiger charge is 2.38. The fourth-order valence-electron chi connectivity index (χ4n) is 4.34. The van der Waals surface area contributed by atoms with Crippen molar-refractivity contribution >= 4 is 29.3 Å². The molecule has 0 saturated carbocycles. The minimum Gasteiger partial charge on any atom is -0.325 e. The van der Waals surface area contributed by atoms with Gasteiger partial charge in [-0.1, -0.05) is 57.2 Å².